The normalized spacial score (nSPS) is 10.3. The lowest BCUT2D eigenvalue weighted by molar-refractivity contribution is 0.0444. The number of rotatable bonds is 5. The van der Waals surface area contributed by atoms with Crippen LogP contribution in [-0.4, -0.2) is 24.2 Å². The second-order valence-electron chi connectivity index (χ2n) is 4.54. The van der Waals surface area contributed by atoms with Gasteiger partial charge in [0.05, 0.1) is 5.02 Å². The van der Waals surface area contributed by atoms with Crippen LogP contribution in [0.3, 0.4) is 0 Å². The van der Waals surface area contributed by atoms with Crippen molar-refractivity contribution in [2.24, 2.45) is 0 Å². The summed E-state index contributed by atoms with van der Waals surface area (Å²) in [5.41, 5.74) is 2.61. The molecule has 0 saturated heterocycles. The summed E-state index contributed by atoms with van der Waals surface area (Å²) < 4.78 is 10.6. The van der Waals surface area contributed by atoms with E-state index in [0.717, 1.165) is 16.9 Å². The molecule has 1 aromatic carbocycles. The molecule has 2 rings (SSSR count). The van der Waals surface area contributed by atoms with Crippen LogP contribution in [0.2, 0.25) is 5.02 Å². The van der Waals surface area contributed by atoms with Crippen LogP contribution in [0.4, 0.5) is 0 Å². The number of ether oxygens (including phenoxy) is 2. The zero-order chi connectivity index (χ0) is 14.5. The monoisotopic (exact) mass is 293 g/mol. The van der Waals surface area contributed by atoms with E-state index in [-0.39, 0.29) is 6.61 Å². The third-order valence-corrected chi connectivity index (χ3v) is 2.87. The lowest BCUT2D eigenvalue weighted by atomic mass is 10.1. The zero-order valence-electron chi connectivity index (χ0n) is 11.4. The predicted octanol–water partition coefficient (Wildman–Crippen LogP) is 3.52. The Morgan fingerprint density at radius 2 is 1.85 bits per heavy atom. The van der Waals surface area contributed by atoms with Gasteiger partial charge in [-0.05, 0) is 43.2 Å². The number of hydrogen-bond donors (Lipinski definition) is 1. The number of H-pyrrole nitrogens is 1. The zero-order valence-corrected chi connectivity index (χ0v) is 12.2. The topological polar surface area (TPSA) is 51.3 Å². The summed E-state index contributed by atoms with van der Waals surface area (Å²) in [7, 11) is 0. The van der Waals surface area contributed by atoms with Gasteiger partial charge in [-0.25, -0.2) is 4.79 Å². The fourth-order valence-electron chi connectivity index (χ4n) is 1.87. The highest BCUT2D eigenvalue weighted by atomic mass is 35.5. The largest absolute Gasteiger partial charge is 0.490 e. The fourth-order valence-corrected chi connectivity index (χ4v) is 2.04. The van der Waals surface area contributed by atoms with E-state index in [1.807, 2.05) is 26.0 Å². The molecule has 0 saturated carbocycles. The van der Waals surface area contributed by atoms with E-state index in [2.05, 4.69) is 11.1 Å². The van der Waals surface area contributed by atoms with Gasteiger partial charge in [0.2, 0.25) is 0 Å². The van der Waals surface area contributed by atoms with Gasteiger partial charge in [-0.1, -0.05) is 17.7 Å². The van der Waals surface area contributed by atoms with Crippen molar-refractivity contribution < 1.29 is 14.3 Å². The third kappa shape index (κ3) is 4.03. The summed E-state index contributed by atoms with van der Waals surface area (Å²) >= 11 is 5.71. The Labute approximate surface area is 122 Å². The van der Waals surface area contributed by atoms with Crippen LogP contribution in [0.1, 0.15) is 21.6 Å². The molecule has 2 aromatic rings. The molecule has 1 N–H and O–H groups in total. The summed E-state index contributed by atoms with van der Waals surface area (Å²) in [5.74, 6) is 0.336. The molecular formula is C15H16ClNO3. The molecule has 0 bridgehead atoms. The van der Waals surface area contributed by atoms with Crippen molar-refractivity contribution in [3.8, 4) is 5.75 Å². The number of aromatic nitrogens is 1. The lowest BCUT2D eigenvalue weighted by Crippen LogP contribution is -2.12. The van der Waals surface area contributed by atoms with Crippen LogP contribution in [-0.2, 0) is 4.74 Å². The van der Waals surface area contributed by atoms with E-state index in [4.69, 9.17) is 21.1 Å². The summed E-state index contributed by atoms with van der Waals surface area (Å²) in [6, 6.07) is 7.48. The molecular weight excluding hydrogens is 278 g/mol. The summed E-state index contributed by atoms with van der Waals surface area (Å²) in [6.45, 7) is 4.51. The quantitative estimate of drug-likeness (QED) is 0.678. The molecule has 0 spiro atoms. The Balaban J connectivity index is 1.77. The van der Waals surface area contributed by atoms with E-state index in [9.17, 15) is 4.79 Å². The maximum atomic E-state index is 11.6. The van der Waals surface area contributed by atoms with Crippen molar-refractivity contribution in [1.29, 1.82) is 0 Å². The summed E-state index contributed by atoms with van der Waals surface area (Å²) in [4.78, 5) is 14.3. The standard InChI is InChI=1S/C15H16ClNO3/c1-10-5-11(2)7-13(6-10)19-3-4-20-15(18)14-8-12(16)9-17-14/h5-9,17H,3-4H2,1-2H3. The highest BCUT2D eigenvalue weighted by molar-refractivity contribution is 6.30. The highest BCUT2D eigenvalue weighted by Gasteiger charge is 2.09. The van der Waals surface area contributed by atoms with Crippen molar-refractivity contribution in [1.82, 2.24) is 4.98 Å². The van der Waals surface area contributed by atoms with E-state index in [1.165, 1.54) is 12.3 Å². The predicted molar refractivity (Wildman–Crippen MR) is 77.5 cm³/mol. The van der Waals surface area contributed by atoms with Crippen LogP contribution < -0.4 is 4.74 Å². The Morgan fingerprint density at radius 1 is 1.15 bits per heavy atom. The Morgan fingerprint density at radius 3 is 2.45 bits per heavy atom. The van der Waals surface area contributed by atoms with E-state index >= 15 is 0 Å². The molecule has 5 heteroatoms. The number of aryl methyl sites for hydroxylation is 2. The van der Waals surface area contributed by atoms with Gasteiger partial charge in [0.25, 0.3) is 0 Å². The van der Waals surface area contributed by atoms with Crippen LogP contribution >= 0.6 is 11.6 Å². The first kappa shape index (κ1) is 14.5. The minimum Gasteiger partial charge on any atom is -0.490 e. The molecule has 0 aliphatic carbocycles. The first-order valence-corrected chi connectivity index (χ1v) is 6.64. The van der Waals surface area contributed by atoms with E-state index in [0.29, 0.717) is 17.3 Å². The van der Waals surface area contributed by atoms with E-state index in [1.54, 1.807) is 0 Å². The van der Waals surface area contributed by atoms with Gasteiger partial charge in [0.15, 0.2) is 0 Å². The number of halogens is 1. The Kier molecular flexibility index (Phi) is 4.69. The van der Waals surface area contributed by atoms with Gasteiger partial charge in [0, 0.05) is 6.20 Å². The molecule has 20 heavy (non-hydrogen) atoms. The first-order chi connectivity index (χ1) is 9.54. The lowest BCUT2D eigenvalue weighted by Gasteiger charge is -2.08. The van der Waals surface area contributed by atoms with E-state index < -0.39 is 5.97 Å². The molecule has 0 unspecified atom stereocenters. The maximum absolute atomic E-state index is 11.6. The summed E-state index contributed by atoms with van der Waals surface area (Å²) in [6.07, 6.45) is 1.53. The van der Waals surface area contributed by atoms with Gasteiger partial charge in [-0.15, -0.1) is 0 Å². The molecule has 0 aliphatic heterocycles. The first-order valence-electron chi connectivity index (χ1n) is 6.27. The number of benzene rings is 1. The third-order valence-electron chi connectivity index (χ3n) is 2.65. The van der Waals surface area contributed by atoms with Crippen LogP contribution in [0, 0.1) is 13.8 Å². The van der Waals surface area contributed by atoms with Crippen molar-refractivity contribution >= 4 is 17.6 Å². The highest BCUT2D eigenvalue weighted by Crippen LogP contribution is 2.16. The molecule has 1 aromatic heterocycles. The average Bonchev–Trinajstić information content (AvgIpc) is 2.80. The van der Waals surface area contributed by atoms with Crippen molar-refractivity contribution in [3.05, 3.63) is 52.3 Å². The van der Waals surface area contributed by atoms with Gasteiger partial charge in [0.1, 0.15) is 24.7 Å². The molecule has 0 amide bonds. The average molecular weight is 294 g/mol. The van der Waals surface area contributed by atoms with Gasteiger partial charge < -0.3 is 14.5 Å². The minimum absolute atomic E-state index is 0.183. The molecule has 106 valence electrons. The molecule has 0 radical (unpaired) electrons. The molecule has 1 heterocycles. The maximum Gasteiger partial charge on any atom is 0.354 e. The number of nitrogens with one attached hydrogen (secondary N) is 1. The summed E-state index contributed by atoms with van der Waals surface area (Å²) in [5, 5.41) is 0.475. The molecule has 0 aliphatic rings. The molecule has 0 atom stereocenters. The Bertz CT molecular complexity index is 587. The van der Waals surface area contributed by atoms with Crippen molar-refractivity contribution in [3.63, 3.8) is 0 Å². The number of carbonyl (C=O) groups excluding carboxylic acids is 1. The smallest absolute Gasteiger partial charge is 0.354 e. The minimum atomic E-state index is -0.444. The number of carbonyl (C=O) groups is 1. The van der Waals surface area contributed by atoms with Crippen molar-refractivity contribution in [2.45, 2.75) is 13.8 Å². The van der Waals surface area contributed by atoms with Crippen molar-refractivity contribution in [2.75, 3.05) is 13.2 Å². The second kappa shape index (κ2) is 6.48. The van der Waals surface area contributed by atoms with Crippen LogP contribution in [0.25, 0.3) is 0 Å². The number of esters is 1. The molecule has 4 nitrogen and oxygen atoms in total. The SMILES string of the molecule is Cc1cc(C)cc(OCCOC(=O)c2cc(Cl)c[nH]2)c1. The van der Waals surface area contributed by atoms with Gasteiger partial charge in [-0.3, -0.25) is 0 Å². The van der Waals surface area contributed by atoms with Crippen LogP contribution in [0.15, 0.2) is 30.5 Å². The van der Waals surface area contributed by atoms with Gasteiger partial charge in [-0.2, -0.15) is 0 Å². The second-order valence-corrected chi connectivity index (χ2v) is 4.98. The van der Waals surface area contributed by atoms with Gasteiger partial charge >= 0.3 is 5.97 Å². The fraction of sp³-hybridized carbons (Fsp3) is 0.267. The Hall–Kier alpha value is -1.94. The number of aromatic amines is 1. The molecule has 0 fully saturated rings. The van der Waals surface area contributed by atoms with Crippen LogP contribution in [0.5, 0.6) is 5.75 Å². The number of hydrogen-bond acceptors (Lipinski definition) is 3.